The van der Waals surface area contributed by atoms with Crippen LogP contribution in [0.4, 0.5) is 0 Å². The summed E-state index contributed by atoms with van der Waals surface area (Å²) >= 11 is 0. The van der Waals surface area contributed by atoms with Crippen molar-refractivity contribution in [2.24, 2.45) is 0 Å². The van der Waals surface area contributed by atoms with Gasteiger partial charge in [0.05, 0.1) is 0 Å². The molecule has 18 heavy (non-hydrogen) atoms. The van der Waals surface area contributed by atoms with Gasteiger partial charge in [0.15, 0.2) is 0 Å². The molecule has 0 spiro atoms. The minimum absolute atomic E-state index is 0.0657. The van der Waals surface area contributed by atoms with Crippen LogP contribution in [-0.4, -0.2) is 36.0 Å². The third-order valence-corrected chi connectivity index (χ3v) is 4.24. The topological polar surface area (TPSA) is 32.3 Å². The van der Waals surface area contributed by atoms with Crippen LogP contribution in [0.1, 0.15) is 65.7 Å². The van der Waals surface area contributed by atoms with Crippen LogP contribution in [-0.2, 0) is 4.79 Å². The normalized spacial score (nSPS) is 18.9. The summed E-state index contributed by atoms with van der Waals surface area (Å²) in [5, 5.41) is 3.44. The summed E-state index contributed by atoms with van der Waals surface area (Å²) in [4.78, 5) is 14.5. The number of carbonyl (C=O) groups is 1. The Kier molecular flexibility index (Phi) is 6.13. The highest BCUT2D eigenvalue weighted by atomic mass is 16.2. The van der Waals surface area contributed by atoms with E-state index in [0.717, 1.165) is 25.8 Å². The van der Waals surface area contributed by atoms with Gasteiger partial charge in [0.25, 0.3) is 0 Å². The van der Waals surface area contributed by atoms with Crippen molar-refractivity contribution in [1.82, 2.24) is 10.2 Å². The number of carbonyl (C=O) groups excluding carboxylic acids is 1. The highest BCUT2D eigenvalue weighted by Crippen LogP contribution is 2.31. The fraction of sp³-hybridized carbons (Fsp3) is 0.933. The molecule has 3 heteroatoms. The molecule has 0 atom stereocenters. The van der Waals surface area contributed by atoms with E-state index in [2.05, 4.69) is 26.1 Å². The van der Waals surface area contributed by atoms with Gasteiger partial charge >= 0.3 is 0 Å². The lowest BCUT2D eigenvalue weighted by Gasteiger charge is -2.39. The van der Waals surface area contributed by atoms with E-state index >= 15 is 0 Å². The van der Waals surface area contributed by atoms with Gasteiger partial charge in [-0.15, -0.1) is 0 Å². The Labute approximate surface area is 112 Å². The first-order valence-corrected chi connectivity index (χ1v) is 7.53. The molecule has 0 heterocycles. The summed E-state index contributed by atoms with van der Waals surface area (Å²) < 4.78 is 0. The number of hydrogen-bond acceptors (Lipinski definition) is 2. The van der Waals surface area contributed by atoms with Crippen molar-refractivity contribution in [3.05, 3.63) is 0 Å². The average molecular weight is 254 g/mol. The lowest BCUT2D eigenvalue weighted by Crippen LogP contribution is -2.50. The lowest BCUT2D eigenvalue weighted by atomic mass is 9.79. The largest absolute Gasteiger partial charge is 0.340 e. The summed E-state index contributed by atoms with van der Waals surface area (Å²) in [5.41, 5.74) is 0.0657. The zero-order valence-corrected chi connectivity index (χ0v) is 12.6. The molecule has 0 radical (unpaired) electrons. The van der Waals surface area contributed by atoms with E-state index in [-0.39, 0.29) is 5.54 Å². The average Bonchev–Trinajstić information content (AvgIpc) is 2.36. The van der Waals surface area contributed by atoms with Crippen LogP contribution in [0.25, 0.3) is 0 Å². The van der Waals surface area contributed by atoms with Crippen molar-refractivity contribution in [2.75, 3.05) is 13.6 Å². The Morgan fingerprint density at radius 3 is 2.33 bits per heavy atom. The molecule has 0 bridgehead atoms. The fourth-order valence-electron chi connectivity index (χ4n) is 3.05. The van der Waals surface area contributed by atoms with Gasteiger partial charge in [0.1, 0.15) is 0 Å². The smallest absolute Gasteiger partial charge is 0.224 e. The van der Waals surface area contributed by atoms with E-state index < -0.39 is 0 Å². The second-order valence-corrected chi connectivity index (χ2v) is 5.95. The van der Waals surface area contributed by atoms with Crippen molar-refractivity contribution >= 4 is 5.91 Å². The summed E-state index contributed by atoms with van der Waals surface area (Å²) in [6, 6.07) is 0.315. The minimum Gasteiger partial charge on any atom is -0.340 e. The maximum atomic E-state index is 12.5. The molecule has 0 aromatic heterocycles. The van der Waals surface area contributed by atoms with Gasteiger partial charge in [-0.3, -0.25) is 4.79 Å². The van der Waals surface area contributed by atoms with E-state index in [1.165, 1.54) is 19.3 Å². The highest BCUT2D eigenvalue weighted by Gasteiger charge is 2.34. The SMILES string of the molecule is CCCN(C(=O)CC1(NC)CCCCC1)C(C)C. The molecule has 1 rings (SSSR count). The molecule has 0 aromatic rings. The van der Waals surface area contributed by atoms with E-state index in [1.54, 1.807) is 0 Å². The Morgan fingerprint density at radius 1 is 1.28 bits per heavy atom. The van der Waals surface area contributed by atoms with Gasteiger partial charge in [-0.05, 0) is 40.2 Å². The standard InChI is InChI=1S/C15H30N2O/c1-5-11-17(13(2)3)14(18)12-15(16-4)9-7-6-8-10-15/h13,16H,5-12H2,1-4H3. The van der Waals surface area contributed by atoms with E-state index in [9.17, 15) is 4.79 Å². The molecule has 1 amide bonds. The maximum Gasteiger partial charge on any atom is 0.224 e. The van der Waals surface area contributed by atoms with Gasteiger partial charge in [0.2, 0.25) is 5.91 Å². The van der Waals surface area contributed by atoms with Crippen molar-refractivity contribution in [3.63, 3.8) is 0 Å². The van der Waals surface area contributed by atoms with Crippen LogP contribution >= 0.6 is 0 Å². The number of hydrogen-bond donors (Lipinski definition) is 1. The fourth-order valence-corrected chi connectivity index (χ4v) is 3.05. The molecule has 3 nitrogen and oxygen atoms in total. The second kappa shape index (κ2) is 7.13. The Balaban J connectivity index is 2.64. The van der Waals surface area contributed by atoms with Gasteiger partial charge in [0, 0.05) is 24.5 Å². The molecule has 0 aliphatic heterocycles. The molecule has 1 saturated carbocycles. The monoisotopic (exact) mass is 254 g/mol. The molecular formula is C15H30N2O. The van der Waals surface area contributed by atoms with Crippen molar-refractivity contribution in [1.29, 1.82) is 0 Å². The first-order chi connectivity index (χ1) is 8.54. The number of nitrogens with zero attached hydrogens (tertiary/aromatic N) is 1. The van der Waals surface area contributed by atoms with E-state index in [4.69, 9.17) is 0 Å². The third kappa shape index (κ3) is 3.98. The van der Waals surface area contributed by atoms with Crippen LogP contribution in [0.5, 0.6) is 0 Å². The highest BCUT2D eigenvalue weighted by molar-refractivity contribution is 5.77. The van der Waals surface area contributed by atoms with Crippen molar-refractivity contribution in [3.8, 4) is 0 Å². The van der Waals surface area contributed by atoms with Gasteiger partial charge in [-0.1, -0.05) is 26.2 Å². The quantitative estimate of drug-likeness (QED) is 0.790. The molecule has 1 aliphatic carbocycles. The Morgan fingerprint density at radius 2 is 1.89 bits per heavy atom. The summed E-state index contributed by atoms with van der Waals surface area (Å²) in [6.45, 7) is 7.24. The first-order valence-electron chi connectivity index (χ1n) is 7.53. The predicted octanol–water partition coefficient (Wildman–Crippen LogP) is 2.95. The molecule has 1 fully saturated rings. The summed E-state index contributed by atoms with van der Waals surface area (Å²) in [7, 11) is 2.01. The third-order valence-electron chi connectivity index (χ3n) is 4.24. The van der Waals surface area contributed by atoms with Gasteiger partial charge < -0.3 is 10.2 Å². The molecule has 0 saturated heterocycles. The predicted molar refractivity (Wildman–Crippen MR) is 76.6 cm³/mol. The second-order valence-electron chi connectivity index (χ2n) is 5.95. The van der Waals surface area contributed by atoms with E-state index in [0.29, 0.717) is 18.4 Å². The van der Waals surface area contributed by atoms with Crippen molar-refractivity contribution in [2.45, 2.75) is 77.3 Å². The Hall–Kier alpha value is -0.570. The van der Waals surface area contributed by atoms with Gasteiger partial charge in [-0.2, -0.15) is 0 Å². The first kappa shape index (κ1) is 15.5. The zero-order valence-electron chi connectivity index (χ0n) is 12.6. The van der Waals surface area contributed by atoms with Crippen LogP contribution in [0, 0.1) is 0 Å². The van der Waals surface area contributed by atoms with Crippen molar-refractivity contribution < 1.29 is 4.79 Å². The number of nitrogens with one attached hydrogen (secondary N) is 1. The molecule has 0 unspecified atom stereocenters. The minimum atomic E-state index is 0.0657. The molecule has 0 aromatic carbocycles. The number of amides is 1. The summed E-state index contributed by atoms with van der Waals surface area (Å²) in [5.74, 6) is 0.322. The van der Waals surface area contributed by atoms with Crippen LogP contribution in [0.3, 0.4) is 0 Å². The molecular weight excluding hydrogens is 224 g/mol. The maximum absolute atomic E-state index is 12.5. The molecule has 1 N–H and O–H groups in total. The summed E-state index contributed by atoms with van der Waals surface area (Å²) in [6.07, 6.45) is 7.83. The Bertz CT molecular complexity index is 257. The van der Waals surface area contributed by atoms with Gasteiger partial charge in [-0.25, -0.2) is 0 Å². The lowest BCUT2D eigenvalue weighted by molar-refractivity contribution is -0.134. The zero-order chi connectivity index (χ0) is 13.6. The molecule has 1 aliphatic rings. The molecule has 106 valence electrons. The number of rotatable bonds is 6. The van der Waals surface area contributed by atoms with Crippen LogP contribution in [0.2, 0.25) is 0 Å². The van der Waals surface area contributed by atoms with Crippen LogP contribution < -0.4 is 5.32 Å². The van der Waals surface area contributed by atoms with Crippen LogP contribution in [0.15, 0.2) is 0 Å². The van der Waals surface area contributed by atoms with E-state index in [1.807, 2.05) is 11.9 Å².